The Morgan fingerprint density at radius 3 is 2.16 bits per heavy atom. The van der Waals surface area contributed by atoms with E-state index in [1.54, 1.807) is 24.3 Å². The SMILES string of the molecule is COC(=O)C12C[C@H]3C[C@@H](C1)CC(c1ccc(NS(=O)(=O)c4ccc(C)cc4)cc1)(C3)C2. The van der Waals surface area contributed by atoms with Crippen LogP contribution in [0.2, 0.25) is 0 Å². The summed E-state index contributed by atoms with van der Waals surface area (Å²) in [6, 6.07) is 14.6. The standard InChI is InChI=1S/C25H29NO4S/c1-17-3-9-22(10-4-17)31(28,29)26-21-7-5-20(6-8-21)24-12-18-11-19(13-24)15-25(14-18,16-24)23(27)30-2/h3-10,18-19,26H,11-16H2,1-2H3/t18-,19+,24?,25?. The van der Waals surface area contributed by atoms with E-state index in [1.165, 1.54) is 19.1 Å². The first-order valence-corrected chi connectivity index (χ1v) is 12.5. The first-order valence-electron chi connectivity index (χ1n) is 11.0. The molecule has 31 heavy (non-hydrogen) atoms. The predicted molar refractivity (Wildman–Crippen MR) is 119 cm³/mol. The fourth-order valence-electron chi connectivity index (χ4n) is 6.88. The smallest absolute Gasteiger partial charge is 0.311 e. The van der Waals surface area contributed by atoms with E-state index in [1.807, 2.05) is 31.2 Å². The number of carbonyl (C=O) groups excluding carboxylic acids is 1. The largest absolute Gasteiger partial charge is 0.469 e. The molecule has 0 spiro atoms. The highest BCUT2D eigenvalue weighted by atomic mass is 32.2. The van der Waals surface area contributed by atoms with E-state index in [0.29, 0.717) is 17.5 Å². The van der Waals surface area contributed by atoms with Crippen LogP contribution in [-0.4, -0.2) is 21.5 Å². The predicted octanol–water partition coefficient (Wildman–Crippen LogP) is 4.81. The average Bonchev–Trinajstić information content (AvgIpc) is 2.72. The van der Waals surface area contributed by atoms with Gasteiger partial charge in [-0.3, -0.25) is 9.52 Å². The molecule has 0 aromatic heterocycles. The third kappa shape index (κ3) is 3.45. The Labute approximate surface area is 184 Å². The number of nitrogens with one attached hydrogen (secondary N) is 1. The summed E-state index contributed by atoms with van der Waals surface area (Å²) in [4.78, 5) is 13.0. The van der Waals surface area contributed by atoms with Gasteiger partial charge in [-0.1, -0.05) is 29.8 Å². The van der Waals surface area contributed by atoms with Crippen LogP contribution in [0, 0.1) is 24.2 Å². The Kier molecular flexibility index (Phi) is 4.70. The van der Waals surface area contributed by atoms with Crippen molar-refractivity contribution in [1.29, 1.82) is 0 Å². The molecular weight excluding hydrogens is 410 g/mol. The molecule has 0 saturated heterocycles. The normalized spacial score (nSPS) is 31.4. The van der Waals surface area contributed by atoms with Gasteiger partial charge in [-0.15, -0.1) is 0 Å². The van der Waals surface area contributed by atoms with E-state index < -0.39 is 10.0 Å². The van der Waals surface area contributed by atoms with Crippen LogP contribution in [0.1, 0.15) is 49.7 Å². The van der Waals surface area contributed by atoms with Crippen molar-refractivity contribution in [3.8, 4) is 0 Å². The van der Waals surface area contributed by atoms with E-state index in [-0.39, 0.29) is 21.7 Å². The van der Waals surface area contributed by atoms with Crippen molar-refractivity contribution < 1.29 is 17.9 Å². The number of ether oxygens (including phenoxy) is 1. The van der Waals surface area contributed by atoms with E-state index in [9.17, 15) is 13.2 Å². The number of hydrogen-bond donors (Lipinski definition) is 1. The Morgan fingerprint density at radius 2 is 1.58 bits per heavy atom. The highest BCUT2D eigenvalue weighted by molar-refractivity contribution is 7.92. The molecule has 4 atom stereocenters. The molecule has 164 valence electrons. The number of esters is 1. The van der Waals surface area contributed by atoms with Gasteiger partial charge in [0.15, 0.2) is 0 Å². The van der Waals surface area contributed by atoms with E-state index in [4.69, 9.17) is 4.74 Å². The van der Waals surface area contributed by atoms with Gasteiger partial charge in [-0.2, -0.15) is 0 Å². The Balaban J connectivity index is 1.40. The number of benzene rings is 2. The van der Waals surface area contributed by atoms with Crippen LogP contribution >= 0.6 is 0 Å². The van der Waals surface area contributed by atoms with Crippen molar-refractivity contribution in [2.45, 2.75) is 55.8 Å². The molecule has 0 aliphatic heterocycles. The fourth-order valence-corrected chi connectivity index (χ4v) is 7.94. The number of methoxy groups -OCH3 is 1. The third-order valence-corrected chi connectivity index (χ3v) is 9.16. The second-order valence-corrected chi connectivity index (χ2v) is 11.7. The summed E-state index contributed by atoms with van der Waals surface area (Å²) in [6.45, 7) is 1.93. The zero-order valence-electron chi connectivity index (χ0n) is 18.1. The van der Waals surface area contributed by atoms with Crippen molar-refractivity contribution in [3.63, 3.8) is 0 Å². The lowest BCUT2D eigenvalue weighted by molar-refractivity contribution is -0.171. The van der Waals surface area contributed by atoms with Crippen molar-refractivity contribution in [1.82, 2.24) is 0 Å². The van der Waals surface area contributed by atoms with Gasteiger partial charge >= 0.3 is 5.97 Å². The number of aryl methyl sites for hydroxylation is 1. The van der Waals surface area contributed by atoms with Crippen molar-refractivity contribution >= 4 is 21.7 Å². The van der Waals surface area contributed by atoms with Crippen LogP contribution in [-0.2, 0) is 25.0 Å². The summed E-state index contributed by atoms with van der Waals surface area (Å²) < 4.78 is 33.3. The summed E-state index contributed by atoms with van der Waals surface area (Å²) in [5.41, 5.74) is 2.44. The van der Waals surface area contributed by atoms with Crippen LogP contribution in [0.3, 0.4) is 0 Å². The number of sulfonamides is 1. The van der Waals surface area contributed by atoms with E-state index in [0.717, 1.165) is 37.7 Å². The zero-order chi connectivity index (χ0) is 21.9. The van der Waals surface area contributed by atoms with Gasteiger partial charge in [0.05, 0.1) is 17.4 Å². The molecular formula is C25H29NO4S. The first kappa shape index (κ1) is 20.6. The molecule has 4 aliphatic carbocycles. The maximum absolute atomic E-state index is 12.7. The Morgan fingerprint density at radius 1 is 0.968 bits per heavy atom. The number of anilines is 1. The van der Waals surface area contributed by atoms with E-state index in [2.05, 4.69) is 4.72 Å². The van der Waals surface area contributed by atoms with Gasteiger partial charge in [-0.05, 0) is 92.5 Å². The van der Waals surface area contributed by atoms with Gasteiger partial charge in [-0.25, -0.2) is 8.42 Å². The molecule has 4 fully saturated rings. The Hall–Kier alpha value is -2.34. The van der Waals surface area contributed by atoms with Gasteiger partial charge in [0.2, 0.25) is 0 Å². The van der Waals surface area contributed by atoms with Gasteiger partial charge in [0, 0.05) is 5.69 Å². The zero-order valence-corrected chi connectivity index (χ0v) is 18.9. The maximum Gasteiger partial charge on any atom is 0.311 e. The van der Waals surface area contributed by atoms with Crippen molar-refractivity contribution in [3.05, 3.63) is 59.7 Å². The summed E-state index contributed by atoms with van der Waals surface area (Å²) in [7, 11) is -2.12. The molecule has 4 bridgehead atoms. The molecule has 2 unspecified atom stereocenters. The van der Waals surface area contributed by atoms with Crippen LogP contribution in [0.5, 0.6) is 0 Å². The molecule has 5 nitrogen and oxygen atoms in total. The van der Waals surface area contributed by atoms with Gasteiger partial charge in [0.25, 0.3) is 10.0 Å². The monoisotopic (exact) mass is 439 g/mol. The lowest BCUT2D eigenvalue weighted by Crippen LogP contribution is -2.57. The minimum atomic E-state index is -3.62. The summed E-state index contributed by atoms with van der Waals surface area (Å²) >= 11 is 0. The maximum atomic E-state index is 12.7. The van der Waals surface area contributed by atoms with Crippen molar-refractivity contribution in [2.24, 2.45) is 17.3 Å². The number of carbonyl (C=O) groups is 1. The quantitative estimate of drug-likeness (QED) is 0.679. The highest BCUT2D eigenvalue weighted by Crippen LogP contribution is 2.66. The molecule has 2 aromatic rings. The fraction of sp³-hybridized carbons (Fsp3) is 0.480. The summed E-state index contributed by atoms with van der Waals surface area (Å²) in [6.07, 6.45) is 6.18. The molecule has 0 amide bonds. The lowest BCUT2D eigenvalue weighted by atomic mass is 9.43. The molecule has 0 heterocycles. The molecule has 6 rings (SSSR count). The van der Waals surface area contributed by atoms with Crippen LogP contribution < -0.4 is 4.72 Å². The second-order valence-electron chi connectivity index (χ2n) is 10.0. The van der Waals surface area contributed by atoms with Gasteiger partial charge < -0.3 is 4.74 Å². The van der Waals surface area contributed by atoms with E-state index >= 15 is 0 Å². The first-order chi connectivity index (χ1) is 14.7. The van der Waals surface area contributed by atoms with Crippen LogP contribution in [0.15, 0.2) is 53.4 Å². The Bertz CT molecular complexity index is 1090. The third-order valence-electron chi connectivity index (χ3n) is 7.76. The van der Waals surface area contributed by atoms with Crippen molar-refractivity contribution in [2.75, 3.05) is 11.8 Å². The molecule has 4 saturated carbocycles. The van der Waals surface area contributed by atoms with Crippen LogP contribution in [0.4, 0.5) is 5.69 Å². The molecule has 2 aromatic carbocycles. The molecule has 1 N–H and O–H groups in total. The van der Waals surface area contributed by atoms with Crippen LogP contribution in [0.25, 0.3) is 0 Å². The molecule has 0 radical (unpaired) electrons. The molecule has 4 aliphatic rings. The topological polar surface area (TPSA) is 72.5 Å². The van der Waals surface area contributed by atoms with Gasteiger partial charge in [0.1, 0.15) is 0 Å². The molecule has 6 heteroatoms. The second kappa shape index (κ2) is 7.09. The average molecular weight is 440 g/mol. The number of hydrogen-bond acceptors (Lipinski definition) is 4. The minimum Gasteiger partial charge on any atom is -0.469 e. The summed E-state index contributed by atoms with van der Waals surface area (Å²) in [5.74, 6) is 1.09. The highest BCUT2D eigenvalue weighted by Gasteiger charge is 2.61. The minimum absolute atomic E-state index is 0.00731. The number of rotatable bonds is 5. The lowest BCUT2D eigenvalue weighted by Gasteiger charge is -2.61. The summed E-state index contributed by atoms with van der Waals surface area (Å²) in [5, 5.41) is 0.